The molecule has 0 radical (unpaired) electrons. The van der Waals surface area contributed by atoms with Crippen LogP contribution in [-0.4, -0.2) is 49.5 Å². The van der Waals surface area contributed by atoms with E-state index in [-0.39, 0.29) is 12.1 Å². The maximum absolute atomic E-state index is 9.83. The van der Waals surface area contributed by atoms with Gasteiger partial charge in [0.2, 0.25) is 0 Å². The lowest BCUT2D eigenvalue weighted by Crippen LogP contribution is -2.41. The summed E-state index contributed by atoms with van der Waals surface area (Å²) in [5.41, 5.74) is 7.05. The summed E-state index contributed by atoms with van der Waals surface area (Å²) in [6, 6.07) is 7.51. The van der Waals surface area contributed by atoms with Gasteiger partial charge in [-0.05, 0) is 25.6 Å². The largest absolute Gasteiger partial charge is 0.389 e. The predicted octanol–water partition coefficient (Wildman–Crippen LogP) is 1.67. The second-order valence-electron chi connectivity index (χ2n) is 4.87. The Hall–Kier alpha value is -0.650. The van der Waals surface area contributed by atoms with Gasteiger partial charge in [0.05, 0.1) is 18.8 Å². The molecule has 0 saturated carbocycles. The molecule has 3 unspecified atom stereocenters. The minimum Gasteiger partial charge on any atom is -0.389 e. The molecule has 0 saturated heterocycles. The van der Waals surface area contributed by atoms with Crippen LogP contribution < -0.4 is 5.73 Å². The molecule has 1 aromatic rings. The van der Waals surface area contributed by atoms with Gasteiger partial charge in [-0.2, -0.15) is 0 Å². The van der Waals surface area contributed by atoms with Crippen LogP contribution in [0.1, 0.15) is 18.5 Å². The third-order valence-electron chi connectivity index (χ3n) is 3.05. The highest BCUT2D eigenvalue weighted by atomic mass is 35.5. The molecule has 1 aromatic carbocycles. The number of ether oxygens (including phenoxy) is 1. The van der Waals surface area contributed by atoms with E-state index >= 15 is 0 Å². The third-order valence-corrected chi connectivity index (χ3v) is 3.40. The van der Waals surface area contributed by atoms with Crippen LogP contribution in [0.3, 0.4) is 0 Å². The fourth-order valence-corrected chi connectivity index (χ4v) is 2.58. The molecular formula is C14H23ClN2O2. The Bertz CT molecular complexity index is 387. The number of nitrogens with zero attached hydrogens (tertiary/aromatic N) is 1. The lowest BCUT2D eigenvalue weighted by atomic mass is 9.99. The van der Waals surface area contributed by atoms with Crippen LogP contribution in [0.4, 0.5) is 0 Å². The van der Waals surface area contributed by atoms with Crippen LogP contribution in [-0.2, 0) is 4.74 Å². The number of methoxy groups -OCH3 is 1. The van der Waals surface area contributed by atoms with Crippen LogP contribution in [0.5, 0.6) is 0 Å². The molecule has 0 bridgehead atoms. The quantitative estimate of drug-likeness (QED) is 0.800. The average molecular weight is 287 g/mol. The van der Waals surface area contributed by atoms with Crippen molar-refractivity contribution in [2.75, 3.05) is 27.3 Å². The van der Waals surface area contributed by atoms with E-state index in [0.717, 1.165) is 5.56 Å². The second-order valence-corrected chi connectivity index (χ2v) is 5.28. The second kappa shape index (κ2) is 7.82. The molecule has 3 N–H and O–H groups in total. The number of rotatable bonds is 7. The fourth-order valence-electron chi connectivity index (χ4n) is 2.33. The highest BCUT2D eigenvalue weighted by molar-refractivity contribution is 6.31. The maximum atomic E-state index is 9.83. The average Bonchev–Trinajstić information content (AvgIpc) is 2.31. The van der Waals surface area contributed by atoms with Crippen molar-refractivity contribution < 1.29 is 9.84 Å². The van der Waals surface area contributed by atoms with E-state index in [4.69, 9.17) is 22.1 Å². The number of hydrogen-bond acceptors (Lipinski definition) is 4. The number of hydrogen-bond donors (Lipinski definition) is 2. The number of benzene rings is 1. The van der Waals surface area contributed by atoms with Crippen molar-refractivity contribution in [1.82, 2.24) is 4.90 Å². The van der Waals surface area contributed by atoms with Gasteiger partial charge in [-0.3, -0.25) is 4.90 Å². The molecule has 108 valence electrons. The van der Waals surface area contributed by atoms with Crippen molar-refractivity contribution >= 4 is 11.6 Å². The van der Waals surface area contributed by atoms with E-state index in [9.17, 15) is 5.11 Å². The Morgan fingerprint density at radius 3 is 2.58 bits per heavy atom. The Balaban J connectivity index is 2.86. The van der Waals surface area contributed by atoms with Gasteiger partial charge in [-0.15, -0.1) is 0 Å². The first-order valence-electron chi connectivity index (χ1n) is 6.34. The third kappa shape index (κ3) is 4.75. The zero-order valence-electron chi connectivity index (χ0n) is 11.7. The van der Waals surface area contributed by atoms with Crippen molar-refractivity contribution in [2.45, 2.75) is 25.1 Å². The molecule has 0 heterocycles. The highest BCUT2D eigenvalue weighted by Crippen LogP contribution is 2.28. The first kappa shape index (κ1) is 16.4. The fraction of sp³-hybridized carbons (Fsp3) is 0.571. The van der Waals surface area contributed by atoms with Gasteiger partial charge in [-0.25, -0.2) is 0 Å². The summed E-state index contributed by atoms with van der Waals surface area (Å²) in [5.74, 6) is 0. The van der Waals surface area contributed by atoms with Gasteiger partial charge < -0.3 is 15.6 Å². The van der Waals surface area contributed by atoms with E-state index in [1.807, 2.05) is 43.1 Å². The number of nitrogens with two attached hydrogens (primary N) is 1. The van der Waals surface area contributed by atoms with Crippen molar-refractivity contribution in [2.24, 2.45) is 5.73 Å². The summed E-state index contributed by atoms with van der Waals surface area (Å²) >= 11 is 6.24. The zero-order chi connectivity index (χ0) is 14.4. The first-order chi connectivity index (χ1) is 8.97. The molecule has 1 rings (SSSR count). The molecule has 4 nitrogen and oxygen atoms in total. The Labute approximate surface area is 120 Å². The van der Waals surface area contributed by atoms with Gasteiger partial charge >= 0.3 is 0 Å². The highest BCUT2D eigenvalue weighted by Gasteiger charge is 2.24. The molecule has 19 heavy (non-hydrogen) atoms. The molecular weight excluding hydrogens is 264 g/mol. The smallest absolute Gasteiger partial charge is 0.0900 e. The van der Waals surface area contributed by atoms with E-state index in [0.29, 0.717) is 18.2 Å². The first-order valence-corrected chi connectivity index (χ1v) is 6.72. The SMILES string of the molecule is COCC(O)CN(C)C(c1ccccc1Cl)C(C)N. The van der Waals surface area contributed by atoms with E-state index < -0.39 is 6.10 Å². The van der Waals surface area contributed by atoms with E-state index in [1.165, 1.54) is 0 Å². The monoisotopic (exact) mass is 286 g/mol. The zero-order valence-corrected chi connectivity index (χ0v) is 12.5. The minimum absolute atomic E-state index is 0.0415. The normalized spacial score (nSPS) is 16.4. The summed E-state index contributed by atoms with van der Waals surface area (Å²) in [5, 5.41) is 10.5. The maximum Gasteiger partial charge on any atom is 0.0900 e. The predicted molar refractivity (Wildman–Crippen MR) is 78.4 cm³/mol. The van der Waals surface area contributed by atoms with Gasteiger partial charge in [0.25, 0.3) is 0 Å². The van der Waals surface area contributed by atoms with Crippen LogP contribution >= 0.6 is 11.6 Å². The molecule has 0 aliphatic heterocycles. The standard InChI is InChI=1S/C14H23ClN2O2/c1-10(16)14(12-6-4-5-7-13(12)15)17(2)8-11(18)9-19-3/h4-7,10-11,14,18H,8-9,16H2,1-3H3. The van der Waals surface area contributed by atoms with Crippen molar-refractivity contribution in [3.8, 4) is 0 Å². The van der Waals surface area contributed by atoms with Crippen LogP contribution in [0, 0.1) is 0 Å². The van der Waals surface area contributed by atoms with Crippen LogP contribution in [0.15, 0.2) is 24.3 Å². The van der Waals surface area contributed by atoms with E-state index in [2.05, 4.69) is 0 Å². The van der Waals surface area contributed by atoms with Crippen LogP contribution in [0.25, 0.3) is 0 Å². The van der Waals surface area contributed by atoms with Crippen molar-refractivity contribution in [1.29, 1.82) is 0 Å². The molecule has 3 atom stereocenters. The lowest BCUT2D eigenvalue weighted by molar-refractivity contribution is 0.0317. The van der Waals surface area contributed by atoms with Gasteiger partial charge in [-0.1, -0.05) is 29.8 Å². The molecule has 0 spiro atoms. The molecule has 5 heteroatoms. The molecule has 0 amide bonds. The molecule has 0 aliphatic carbocycles. The summed E-state index contributed by atoms with van der Waals surface area (Å²) in [4.78, 5) is 2.01. The Kier molecular flexibility index (Phi) is 6.75. The molecule has 0 fully saturated rings. The van der Waals surface area contributed by atoms with Gasteiger partial charge in [0.1, 0.15) is 0 Å². The molecule has 0 aliphatic rings. The van der Waals surface area contributed by atoms with Crippen LogP contribution in [0.2, 0.25) is 5.02 Å². The summed E-state index contributed by atoms with van der Waals surface area (Å²) < 4.78 is 4.94. The van der Waals surface area contributed by atoms with Crippen molar-refractivity contribution in [3.63, 3.8) is 0 Å². The number of aliphatic hydroxyl groups excluding tert-OH is 1. The number of likely N-dealkylation sites (N-methyl/N-ethyl adjacent to an activating group) is 1. The summed E-state index contributed by atoms with van der Waals surface area (Å²) in [7, 11) is 3.50. The topological polar surface area (TPSA) is 58.7 Å². The van der Waals surface area contributed by atoms with Crippen molar-refractivity contribution in [3.05, 3.63) is 34.9 Å². The number of aliphatic hydroxyl groups is 1. The molecule has 0 aromatic heterocycles. The lowest BCUT2D eigenvalue weighted by Gasteiger charge is -2.33. The van der Waals surface area contributed by atoms with E-state index in [1.54, 1.807) is 7.11 Å². The minimum atomic E-state index is -0.543. The Morgan fingerprint density at radius 1 is 1.42 bits per heavy atom. The Morgan fingerprint density at radius 2 is 2.05 bits per heavy atom. The summed E-state index contributed by atoms with van der Waals surface area (Å²) in [6.45, 7) is 2.72. The van der Waals surface area contributed by atoms with Gasteiger partial charge in [0, 0.05) is 24.7 Å². The summed E-state index contributed by atoms with van der Waals surface area (Å²) in [6.07, 6.45) is -0.543. The number of halogens is 1. The van der Waals surface area contributed by atoms with Gasteiger partial charge in [0.15, 0.2) is 0 Å².